The summed E-state index contributed by atoms with van der Waals surface area (Å²) in [6, 6.07) is 8.40. The van der Waals surface area contributed by atoms with E-state index in [1.165, 1.54) is 66.2 Å². The third kappa shape index (κ3) is 5.80. The van der Waals surface area contributed by atoms with Crippen LogP contribution in [0.1, 0.15) is 22.3 Å². The number of hydrogen-bond donors (Lipinski definition) is 1. The number of carbonyl (C=O) groups is 1. The maximum atomic E-state index is 13.0. The standard InChI is InChI=1S/C25H15F6N3OS/c26-24(27,28)17-8-4-15(5-9-17)19(16-6-10-18(11-7-16)25(29,30)31)2-1-3-21(35)34-20-14-36-23-22(20)32-12-13-33-23/h1-14H,(H,34,35)/b3-1+. The molecule has 0 saturated heterocycles. The van der Waals surface area contributed by atoms with Crippen molar-refractivity contribution >= 4 is 38.9 Å². The second kappa shape index (κ2) is 9.94. The first-order chi connectivity index (χ1) is 17.0. The molecule has 11 heteroatoms. The fourth-order valence-corrected chi connectivity index (χ4v) is 4.09. The summed E-state index contributed by atoms with van der Waals surface area (Å²) in [7, 11) is 0. The van der Waals surface area contributed by atoms with E-state index in [2.05, 4.69) is 15.3 Å². The number of nitrogens with zero attached hydrogens (tertiary/aromatic N) is 2. The quantitative estimate of drug-likeness (QED) is 0.170. The molecule has 2 aromatic carbocycles. The second-order valence-electron chi connectivity index (χ2n) is 7.44. The molecule has 1 amide bonds. The van der Waals surface area contributed by atoms with Crippen LogP contribution in [-0.2, 0) is 17.1 Å². The van der Waals surface area contributed by atoms with Gasteiger partial charge in [-0.1, -0.05) is 36.4 Å². The predicted molar refractivity (Wildman–Crippen MR) is 125 cm³/mol. The number of fused-ring (bicyclic) bond motifs is 1. The van der Waals surface area contributed by atoms with Crippen molar-refractivity contribution in [3.63, 3.8) is 0 Å². The lowest BCUT2D eigenvalue weighted by Gasteiger charge is -2.12. The molecule has 0 saturated carbocycles. The fraction of sp³-hybridized carbons (Fsp3) is 0.0800. The largest absolute Gasteiger partial charge is 0.416 e. The Labute approximate surface area is 204 Å². The Hall–Kier alpha value is -3.99. The van der Waals surface area contributed by atoms with E-state index < -0.39 is 29.4 Å². The van der Waals surface area contributed by atoms with E-state index >= 15 is 0 Å². The molecule has 0 unspecified atom stereocenters. The van der Waals surface area contributed by atoms with Gasteiger partial charge in [0.1, 0.15) is 10.3 Å². The Balaban J connectivity index is 1.62. The third-order valence-electron chi connectivity index (χ3n) is 5.02. The highest BCUT2D eigenvalue weighted by Gasteiger charge is 2.31. The number of benzene rings is 2. The van der Waals surface area contributed by atoms with Gasteiger partial charge in [0.15, 0.2) is 0 Å². The van der Waals surface area contributed by atoms with Gasteiger partial charge in [0.2, 0.25) is 5.91 Å². The molecule has 184 valence electrons. The number of rotatable bonds is 5. The number of allylic oxidation sites excluding steroid dienone is 2. The van der Waals surface area contributed by atoms with Gasteiger partial charge in [0.05, 0.1) is 16.8 Å². The van der Waals surface area contributed by atoms with Gasteiger partial charge in [-0.3, -0.25) is 4.79 Å². The minimum Gasteiger partial charge on any atom is -0.320 e. The predicted octanol–water partition coefficient (Wildman–Crippen LogP) is 7.36. The van der Waals surface area contributed by atoms with E-state index in [1.807, 2.05) is 0 Å². The average molecular weight is 519 g/mol. The number of anilines is 1. The maximum absolute atomic E-state index is 13.0. The van der Waals surface area contributed by atoms with Gasteiger partial charge in [0, 0.05) is 23.8 Å². The van der Waals surface area contributed by atoms with Crippen molar-refractivity contribution in [3.8, 4) is 0 Å². The SMILES string of the molecule is O=C(/C=C/C=C(c1ccc(C(F)(F)F)cc1)c1ccc(C(F)(F)F)cc1)Nc1csc2nccnc12. The molecule has 0 aliphatic heterocycles. The Morgan fingerprint density at radius 2 is 1.33 bits per heavy atom. The van der Waals surface area contributed by atoms with E-state index in [9.17, 15) is 31.1 Å². The van der Waals surface area contributed by atoms with Crippen LogP contribution >= 0.6 is 11.3 Å². The highest BCUT2D eigenvalue weighted by molar-refractivity contribution is 7.17. The van der Waals surface area contributed by atoms with Crippen molar-refractivity contribution < 1.29 is 31.1 Å². The van der Waals surface area contributed by atoms with Gasteiger partial charge in [0.25, 0.3) is 0 Å². The number of aromatic nitrogens is 2. The van der Waals surface area contributed by atoms with E-state index in [4.69, 9.17) is 0 Å². The van der Waals surface area contributed by atoms with Crippen molar-refractivity contribution in [2.24, 2.45) is 0 Å². The molecule has 0 atom stereocenters. The highest BCUT2D eigenvalue weighted by atomic mass is 32.1. The van der Waals surface area contributed by atoms with Gasteiger partial charge in [-0.15, -0.1) is 11.3 Å². The van der Waals surface area contributed by atoms with E-state index in [0.29, 0.717) is 32.7 Å². The summed E-state index contributed by atoms with van der Waals surface area (Å²) < 4.78 is 77.8. The zero-order chi connectivity index (χ0) is 25.9. The molecular weight excluding hydrogens is 504 g/mol. The van der Waals surface area contributed by atoms with Gasteiger partial charge in [-0.25, -0.2) is 9.97 Å². The first-order valence-corrected chi connectivity index (χ1v) is 11.1. The summed E-state index contributed by atoms with van der Waals surface area (Å²) in [5.41, 5.74) is 0.243. The number of thiophene rings is 1. The smallest absolute Gasteiger partial charge is 0.320 e. The summed E-state index contributed by atoms with van der Waals surface area (Å²) in [5.74, 6) is -0.504. The molecule has 0 aliphatic carbocycles. The molecule has 0 spiro atoms. The monoisotopic (exact) mass is 519 g/mol. The summed E-state index contributed by atoms with van der Waals surface area (Å²) in [6.07, 6.45) is -2.07. The first-order valence-electron chi connectivity index (χ1n) is 10.3. The van der Waals surface area contributed by atoms with Crippen molar-refractivity contribution in [1.29, 1.82) is 0 Å². The van der Waals surface area contributed by atoms with Crippen LogP contribution in [0.2, 0.25) is 0 Å². The van der Waals surface area contributed by atoms with Crippen molar-refractivity contribution in [3.05, 3.63) is 107 Å². The Bertz CT molecular complexity index is 1380. The summed E-state index contributed by atoms with van der Waals surface area (Å²) in [6.45, 7) is 0. The molecule has 0 radical (unpaired) electrons. The van der Waals surface area contributed by atoms with Gasteiger partial charge >= 0.3 is 12.4 Å². The van der Waals surface area contributed by atoms with Crippen molar-refractivity contribution in [1.82, 2.24) is 9.97 Å². The third-order valence-corrected chi connectivity index (χ3v) is 5.90. The number of nitrogens with one attached hydrogen (secondary N) is 1. The second-order valence-corrected chi connectivity index (χ2v) is 8.30. The molecule has 0 aliphatic rings. The van der Waals surface area contributed by atoms with Crippen LogP contribution in [0.15, 0.2) is 84.5 Å². The van der Waals surface area contributed by atoms with Crippen molar-refractivity contribution in [2.45, 2.75) is 12.4 Å². The molecular formula is C25H15F6N3OS. The van der Waals surface area contributed by atoms with Gasteiger partial charge in [-0.2, -0.15) is 26.3 Å². The molecule has 2 heterocycles. The lowest BCUT2D eigenvalue weighted by Crippen LogP contribution is -2.07. The van der Waals surface area contributed by atoms with Crippen LogP contribution in [0.3, 0.4) is 0 Å². The van der Waals surface area contributed by atoms with Crippen LogP contribution < -0.4 is 5.32 Å². The molecule has 4 rings (SSSR count). The van der Waals surface area contributed by atoms with Crippen LogP contribution in [0.4, 0.5) is 32.0 Å². The summed E-state index contributed by atoms with van der Waals surface area (Å²) in [4.78, 5) is 21.3. The highest BCUT2D eigenvalue weighted by Crippen LogP contribution is 2.33. The van der Waals surface area contributed by atoms with E-state index in [0.717, 1.165) is 24.3 Å². The van der Waals surface area contributed by atoms with Crippen LogP contribution in [-0.4, -0.2) is 15.9 Å². The fourth-order valence-electron chi connectivity index (χ4n) is 3.30. The van der Waals surface area contributed by atoms with Crippen LogP contribution in [0.25, 0.3) is 15.9 Å². The Morgan fingerprint density at radius 3 is 1.86 bits per heavy atom. The van der Waals surface area contributed by atoms with Crippen LogP contribution in [0, 0.1) is 0 Å². The summed E-state index contributed by atoms with van der Waals surface area (Å²) >= 11 is 1.30. The maximum Gasteiger partial charge on any atom is 0.416 e. The Kier molecular flexibility index (Phi) is 6.93. The van der Waals surface area contributed by atoms with Gasteiger partial charge < -0.3 is 5.32 Å². The molecule has 4 nitrogen and oxygen atoms in total. The lowest BCUT2D eigenvalue weighted by atomic mass is 9.95. The zero-order valence-corrected chi connectivity index (χ0v) is 18.9. The molecule has 0 fully saturated rings. The van der Waals surface area contributed by atoms with Crippen molar-refractivity contribution in [2.75, 3.05) is 5.32 Å². The van der Waals surface area contributed by atoms with Crippen LogP contribution in [0.5, 0.6) is 0 Å². The lowest BCUT2D eigenvalue weighted by molar-refractivity contribution is -0.138. The number of hydrogen-bond acceptors (Lipinski definition) is 4. The number of alkyl halides is 6. The number of halogens is 6. The normalized spacial score (nSPS) is 12.2. The molecule has 2 aromatic heterocycles. The molecule has 1 N–H and O–H groups in total. The first kappa shape index (κ1) is 25.1. The van der Waals surface area contributed by atoms with E-state index in [1.54, 1.807) is 5.38 Å². The Morgan fingerprint density at radius 1 is 0.806 bits per heavy atom. The molecule has 0 bridgehead atoms. The number of carbonyl (C=O) groups excluding carboxylic acids is 1. The molecule has 36 heavy (non-hydrogen) atoms. The van der Waals surface area contributed by atoms with Gasteiger partial charge in [-0.05, 0) is 41.0 Å². The minimum atomic E-state index is -4.54. The van der Waals surface area contributed by atoms with E-state index in [-0.39, 0.29) is 0 Å². The molecule has 4 aromatic rings. The summed E-state index contributed by atoms with van der Waals surface area (Å²) in [5, 5.41) is 4.35. The minimum absolute atomic E-state index is 0.326. The average Bonchev–Trinajstić information content (AvgIpc) is 3.24. The topological polar surface area (TPSA) is 54.9 Å². The zero-order valence-electron chi connectivity index (χ0n) is 18.1. The number of amides is 1.